The zero-order valence-electron chi connectivity index (χ0n) is 9.83. The molecule has 0 bridgehead atoms. The molecule has 0 aliphatic heterocycles. The third-order valence-corrected chi connectivity index (χ3v) is 2.83. The van der Waals surface area contributed by atoms with Crippen LogP contribution in [0.4, 0.5) is 0 Å². The van der Waals surface area contributed by atoms with Crippen molar-refractivity contribution in [2.24, 2.45) is 0 Å². The van der Waals surface area contributed by atoms with E-state index < -0.39 is 0 Å². The maximum atomic E-state index is 5.97. The number of nitrogens with one attached hydrogen (secondary N) is 1. The largest absolute Gasteiger partial charge is 0.334 e. The number of aryl methyl sites for hydroxylation is 1. The van der Waals surface area contributed by atoms with Gasteiger partial charge in [0.2, 0.25) is 0 Å². The van der Waals surface area contributed by atoms with Gasteiger partial charge in [-0.15, -0.1) is 0 Å². The number of hydrogen-bond acceptors (Lipinski definition) is 4. The van der Waals surface area contributed by atoms with E-state index in [4.69, 9.17) is 16.1 Å². The van der Waals surface area contributed by atoms with E-state index in [1.54, 1.807) is 0 Å². The van der Waals surface area contributed by atoms with Crippen molar-refractivity contribution in [2.45, 2.75) is 20.4 Å². The van der Waals surface area contributed by atoms with Gasteiger partial charge in [0.15, 0.2) is 5.82 Å². The molecule has 1 aromatic carbocycles. The van der Waals surface area contributed by atoms with Gasteiger partial charge in [0.1, 0.15) is 0 Å². The molecule has 2 rings (SSSR count). The summed E-state index contributed by atoms with van der Waals surface area (Å²) in [6.45, 7) is 5.47. The van der Waals surface area contributed by atoms with Gasteiger partial charge in [-0.3, -0.25) is 0 Å². The molecular weight excluding hydrogens is 238 g/mol. The molecule has 0 spiro atoms. The fraction of sp³-hybridized carbons (Fsp3) is 0.333. The van der Waals surface area contributed by atoms with Crippen LogP contribution < -0.4 is 5.32 Å². The minimum absolute atomic E-state index is 0.526. The number of benzene rings is 1. The van der Waals surface area contributed by atoms with Crippen LogP contribution in [0, 0.1) is 6.92 Å². The molecule has 5 heteroatoms. The van der Waals surface area contributed by atoms with Crippen molar-refractivity contribution in [3.8, 4) is 11.5 Å². The lowest BCUT2D eigenvalue weighted by Gasteiger charge is -1.98. The van der Waals surface area contributed by atoms with Gasteiger partial charge in [0.25, 0.3) is 5.89 Å². The Morgan fingerprint density at radius 3 is 2.94 bits per heavy atom. The van der Waals surface area contributed by atoms with Crippen LogP contribution in [-0.2, 0) is 6.54 Å². The van der Waals surface area contributed by atoms with E-state index in [1.165, 1.54) is 0 Å². The quantitative estimate of drug-likeness (QED) is 0.908. The fourth-order valence-corrected chi connectivity index (χ4v) is 1.58. The molecule has 1 N–H and O–H groups in total. The highest BCUT2D eigenvalue weighted by Crippen LogP contribution is 2.23. The first-order chi connectivity index (χ1) is 8.20. The topological polar surface area (TPSA) is 51.0 Å². The summed E-state index contributed by atoms with van der Waals surface area (Å²) in [7, 11) is 0. The van der Waals surface area contributed by atoms with Crippen LogP contribution in [0.5, 0.6) is 0 Å². The van der Waals surface area contributed by atoms with E-state index in [2.05, 4.69) is 15.5 Å². The number of halogens is 1. The van der Waals surface area contributed by atoms with E-state index in [0.717, 1.165) is 22.7 Å². The molecule has 1 heterocycles. The average molecular weight is 252 g/mol. The third-order valence-electron chi connectivity index (χ3n) is 2.41. The van der Waals surface area contributed by atoms with Crippen LogP contribution in [0.25, 0.3) is 11.5 Å². The average Bonchev–Trinajstić information content (AvgIpc) is 2.79. The molecular formula is C12H14ClN3O. The lowest BCUT2D eigenvalue weighted by Crippen LogP contribution is -2.12. The van der Waals surface area contributed by atoms with E-state index >= 15 is 0 Å². The molecule has 0 aliphatic carbocycles. The molecule has 17 heavy (non-hydrogen) atoms. The lowest BCUT2D eigenvalue weighted by atomic mass is 10.1. The van der Waals surface area contributed by atoms with Gasteiger partial charge in [0, 0.05) is 10.6 Å². The Kier molecular flexibility index (Phi) is 3.76. The van der Waals surface area contributed by atoms with Crippen LogP contribution in [0.15, 0.2) is 22.7 Å². The molecule has 0 saturated heterocycles. The van der Waals surface area contributed by atoms with Crippen molar-refractivity contribution >= 4 is 11.6 Å². The van der Waals surface area contributed by atoms with Crippen molar-refractivity contribution in [2.75, 3.05) is 6.54 Å². The zero-order valence-corrected chi connectivity index (χ0v) is 10.6. The summed E-state index contributed by atoms with van der Waals surface area (Å²) in [5.41, 5.74) is 1.89. The van der Waals surface area contributed by atoms with Gasteiger partial charge in [-0.05, 0) is 37.2 Å². The summed E-state index contributed by atoms with van der Waals surface area (Å²) in [6.07, 6.45) is 0. The highest BCUT2D eigenvalue weighted by Gasteiger charge is 2.09. The van der Waals surface area contributed by atoms with Gasteiger partial charge >= 0.3 is 0 Å². The van der Waals surface area contributed by atoms with Crippen LogP contribution >= 0.6 is 11.6 Å². The van der Waals surface area contributed by atoms with Crippen LogP contribution in [0.3, 0.4) is 0 Å². The summed E-state index contributed by atoms with van der Waals surface area (Å²) in [4.78, 5) is 4.31. The van der Waals surface area contributed by atoms with E-state index in [9.17, 15) is 0 Å². The highest BCUT2D eigenvalue weighted by molar-refractivity contribution is 6.31. The van der Waals surface area contributed by atoms with E-state index in [-0.39, 0.29) is 0 Å². The summed E-state index contributed by atoms with van der Waals surface area (Å²) in [5, 5.41) is 7.78. The van der Waals surface area contributed by atoms with Crippen LogP contribution in [-0.4, -0.2) is 16.7 Å². The third kappa shape index (κ3) is 2.84. The Morgan fingerprint density at radius 1 is 1.41 bits per heavy atom. The zero-order chi connectivity index (χ0) is 12.3. The van der Waals surface area contributed by atoms with Crippen LogP contribution in [0.1, 0.15) is 18.3 Å². The first kappa shape index (κ1) is 12.1. The number of nitrogens with zero attached hydrogens (tertiary/aromatic N) is 2. The van der Waals surface area contributed by atoms with Crippen molar-refractivity contribution in [1.29, 1.82) is 0 Å². The minimum Gasteiger partial charge on any atom is -0.334 e. The molecule has 0 radical (unpaired) electrons. The van der Waals surface area contributed by atoms with Gasteiger partial charge in [-0.25, -0.2) is 0 Å². The summed E-state index contributed by atoms with van der Waals surface area (Å²) in [5.74, 6) is 1.19. The molecule has 0 fully saturated rings. The Bertz CT molecular complexity index is 510. The summed E-state index contributed by atoms with van der Waals surface area (Å²) in [6, 6.07) is 5.65. The molecule has 0 aliphatic rings. The van der Waals surface area contributed by atoms with Crippen molar-refractivity contribution in [3.05, 3.63) is 34.6 Å². The first-order valence-corrected chi connectivity index (χ1v) is 5.88. The Morgan fingerprint density at radius 2 is 2.24 bits per heavy atom. The normalized spacial score (nSPS) is 10.8. The molecule has 0 unspecified atom stereocenters. The van der Waals surface area contributed by atoms with Gasteiger partial charge in [-0.2, -0.15) is 4.98 Å². The maximum Gasteiger partial charge on any atom is 0.257 e. The minimum atomic E-state index is 0.526. The highest BCUT2D eigenvalue weighted by atomic mass is 35.5. The van der Waals surface area contributed by atoms with E-state index in [1.807, 2.05) is 32.0 Å². The Labute approximate surface area is 105 Å². The van der Waals surface area contributed by atoms with Gasteiger partial charge in [-0.1, -0.05) is 23.7 Å². The summed E-state index contributed by atoms with van der Waals surface area (Å²) >= 11 is 5.97. The smallest absolute Gasteiger partial charge is 0.257 e. The molecule has 2 aromatic rings. The number of rotatable bonds is 4. The second-order valence-electron chi connectivity index (χ2n) is 3.76. The fourth-order valence-electron chi connectivity index (χ4n) is 1.46. The second-order valence-corrected chi connectivity index (χ2v) is 4.17. The second kappa shape index (κ2) is 5.29. The SMILES string of the molecule is CCNCc1noc(-c2ccc(Cl)c(C)c2)n1. The predicted molar refractivity (Wildman–Crippen MR) is 66.9 cm³/mol. The molecule has 4 nitrogen and oxygen atoms in total. The van der Waals surface area contributed by atoms with Crippen LogP contribution in [0.2, 0.25) is 5.02 Å². The standard InChI is InChI=1S/C12H14ClN3O/c1-3-14-7-11-15-12(17-16-11)9-4-5-10(13)8(2)6-9/h4-6,14H,3,7H2,1-2H3. The summed E-state index contributed by atoms with van der Waals surface area (Å²) < 4.78 is 5.20. The number of aromatic nitrogens is 2. The Balaban J connectivity index is 2.21. The van der Waals surface area contributed by atoms with Crippen molar-refractivity contribution < 1.29 is 4.52 Å². The molecule has 0 saturated carbocycles. The predicted octanol–water partition coefficient (Wildman–Crippen LogP) is 2.81. The van der Waals surface area contributed by atoms with Gasteiger partial charge < -0.3 is 9.84 Å². The molecule has 90 valence electrons. The van der Waals surface area contributed by atoms with Crippen molar-refractivity contribution in [3.63, 3.8) is 0 Å². The maximum absolute atomic E-state index is 5.97. The number of hydrogen-bond donors (Lipinski definition) is 1. The van der Waals surface area contributed by atoms with E-state index in [0.29, 0.717) is 18.3 Å². The molecule has 0 atom stereocenters. The first-order valence-electron chi connectivity index (χ1n) is 5.50. The molecule has 0 amide bonds. The molecule has 1 aromatic heterocycles. The van der Waals surface area contributed by atoms with Crippen molar-refractivity contribution in [1.82, 2.24) is 15.5 Å². The lowest BCUT2D eigenvalue weighted by molar-refractivity contribution is 0.420. The Hall–Kier alpha value is -1.39. The monoisotopic (exact) mass is 251 g/mol. The van der Waals surface area contributed by atoms with Gasteiger partial charge in [0.05, 0.1) is 6.54 Å².